The molecule has 0 heterocycles. The number of benzene rings is 3. The standard InChI is InChI=1S/C32H44N2O2Si2.2C2H4O2.Co/c1-21(2)29-17-27(37(5,6)7)15-23(31(29)35)19-33-25-11-13-26(14-12-25)34-20-24-16-28(38(8,9)10)18-30(22(3)4)32(24)36;2*1-2(3)4;/h11-22,35-36H,1-10H3;2*1H3,(H,3,4);/q;;;+2/p-2. The van der Waals surface area contributed by atoms with Gasteiger partial charge in [0.2, 0.25) is 0 Å². The van der Waals surface area contributed by atoms with Gasteiger partial charge >= 0.3 is 16.8 Å². The third kappa shape index (κ3) is 14.8. The van der Waals surface area contributed by atoms with Crippen molar-refractivity contribution in [3.05, 3.63) is 70.8 Å². The Balaban J connectivity index is 0.00000211. The summed E-state index contributed by atoms with van der Waals surface area (Å²) >= 11 is 0. The van der Waals surface area contributed by atoms with Crippen LogP contribution in [0.4, 0.5) is 11.4 Å². The van der Waals surface area contributed by atoms with E-state index in [0.29, 0.717) is 11.5 Å². The number of hydrogen-bond acceptors (Lipinski definition) is 8. The number of aliphatic carboxylic acids is 2. The molecule has 47 heavy (non-hydrogen) atoms. The minimum atomic E-state index is -1.55. The van der Waals surface area contributed by atoms with Gasteiger partial charge in [0.15, 0.2) is 0 Å². The van der Waals surface area contributed by atoms with Crippen LogP contribution in [-0.4, -0.2) is 50.7 Å². The van der Waals surface area contributed by atoms with Crippen molar-refractivity contribution in [2.24, 2.45) is 9.98 Å². The molecule has 8 nitrogen and oxygen atoms in total. The molecule has 3 aromatic carbocycles. The van der Waals surface area contributed by atoms with E-state index in [-0.39, 0.29) is 28.6 Å². The second-order valence-electron chi connectivity index (χ2n) is 13.8. The Bertz CT molecular complexity index is 1430. The SMILES string of the molecule is CC(=O)[O-].CC(=O)[O-].CC(C)c1cc([Si](C)(C)C)cc(C=Nc2ccc(N=Cc3cc([Si](C)(C)C)cc(C(C)C)c3O)cc2)c1O.[Co+2]. The number of aliphatic imine (C=N–C) groups is 2. The molecule has 3 aromatic rings. The van der Waals surface area contributed by atoms with Gasteiger partial charge in [0, 0.05) is 35.5 Å². The van der Waals surface area contributed by atoms with Crippen LogP contribution in [0.2, 0.25) is 39.3 Å². The topological polar surface area (TPSA) is 145 Å². The summed E-state index contributed by atoms with van der Waals surface area (Å²) in [6.45, 7) is 24.2. The van der Waals surface area contributed by atoms with Gasteiger partial charge in [-0.25, -0.2) is 0 Å². The Morgan fingerprint density at radius 2 is 0.894 bits per heavy atom. The minimum absolute atomic E-state index is 0. The van der Waals surface area contributed by atoms with Gasteiger partial charge in [0.05, 0.1) is 27.5 Å². The van der Waals surface area contributed by atoms with Crippen molar-refractivity contribution in [3.8, 4) is 11.5 Å². The van der Waals surface area contributed by atoms with Crippen molar-refractivity contribution in [1.29, 1.82) is 0 Å². The van der Waals surface area contributed by atoms with Crippen molar-refractivity contribution >= 4 is 62.3 Å². The van der Waals surface area contributed by atoms with Gasteiger partial charge in [-0.1, -0.05) is 102 Å². The van der Waals surface area contributed by atoms with Gasteiger partial charge in [0.25, 0.3) is 0 Å². The summed E-state index contributed by atoms with van der Waals surface area (Å²) in [6, 6.07) is 16.2. The molecule has 1 radical (unpaired) electrons. The van der Waals surface area contributed by atoms with Crippen molar-refractivity contribution in [2.75, 3.05) is 0 Å². The van der Waals surface area contributed by atoms with Crippen LogP contribution >= 0.6 is 0 Å². The van der Waals surface area contributed by atoms with Crippen LogP contribution in [0.15, 0.2) is 58.5 Å². The molecule has 11 heteroatoms. The zero-order valence-electron chi connectivity index (χ0n) is 29.7. The Morgan fingerprint density at radius 1 is 0.638 bits per heavy atom. The third-order valence-electron chi connectivity index (χ3n) is 6.87. The molecule has 0 aliphatic heterocycles. The molecule has 0 bridgehead atoms. The van der Waals surface area contributed by atoms with E-state index in [2.05, 4.69) is 101 Å². The molecule has 0 saturated heterocycles. The Labute approximate surface area is 292 Å². The first kappa shape index (κ1) is 43.5. The van der Waals surface area contributed by atoms with Gasteiger partial charge in [-0.3, -0.25) is 9.98 Å². The summed E-state index contributed by atoms with van der Waals surface area (Å²) in [7, 11) is -3.10. The predicted molar refractivity (Wildman–Crippen MR) is 193 cm³/mol. The van der Waals surface area contributed by atoms with E-state index in [0.717, 1.165) is 47.5 Å². The number of rotatable bonds is 8. The van der Waals surface area contributed by atoms with Crippen LogP contribution in [0.1, 0.15) is 75.6 Å². The van der Waals surface area contributed by atoms with Crippen LogP contribution in [-0.2, 0) is 26.4 Å². The monoisotopic (exact) mass is 721 g/mol. The molecule has 0 unspecified atom stereocenters. The summed E-state index contributed by atoms with van der Waals surface area (Å²) in [4.78, 5) is 27.1. The first-order valence-electron chi connectivity index (χ1n) is 15.3. The van der Waals surface area contributed by atoms with Crippen molar-refractivity contribution in [3.63, 3.8) is 0 Å². The largest absolute Gasteiger partial charge is 2.00 e. The molecule has 2 N–H and O–H groups in total. The average molecular weight is 722 g/mol. The van der Waals surface area contributed by atoms with Crippen LogP contribution in [0.5, 0.6) is 11.5 Å². The molecule has 0 aliphatic carbocycles. The Hall–Kier alpha value is -3.52. The number of carboxylic acid groups (broad SMARTS) is 2. The zero-order valence-corrected chi connectivity index (χ0v) is 32.7. The summed E-state index contributed by atoms with van der Waals surface area (Å²) in [5.74, 6) is -1.07. The Kier molecular flexibility index (Phi) is 17.3. The fourth-order valence-electron chi connectivity index (χ4n) is 4.22. The van der Waals surface area contributed by atoms with Gasteiger partial charge in [-0.2, -0.15) is 0 Å². The maximum atomic E-state index is 10.9. The smallest absolute Gasteiger partial charge is 0.550 e. The molecule has 0 spiro atoms. The summed E-state index contributed by atoms with van der Waals surface area (Å²) in [6.07, 6.45) is 3.52. The Morgan fingerprint density at radius 3 is 1.11 bits per heavy atom. The maximum absolute atomic E-state index is 10.9. The summed E-state index contributed by atoms with van der Waals surface area (Å²) in [5.41, 5.74) is 5.04. The molecule has 0 saturated carbocycles. The minimum Gasteiger partial charge on any atom is -0.550 e. The number of nitrogens with zero attached hydrogens (tertiary/aromatic N) is 2. The molecular formula is C36H50CoN2O6Si2. The van der Waals surface area contributed by atoms with Gasteiger partial charge < -0.3 is 30.0 Å². The van der Waals surface area contributed by atoms with Gasteiger partial charge in [-0.15, -0.1) is 0 Å². The van der Waals surface area contributed by atoms with Gasteiger partial charge in [-0.05, 0) is 61.1 Å². The van der Waals surface area contributed by atoms with Crippen molar-refractivity contribution in [1.82, 2.24) is 0 Å². The number of hydrogen-bond donors (Lipinski definition) is 2. The molecule has 257 valence electrons. The zero-order chi connectivity index (χ0) is 35.6. The van der Waals surface area contributed by atoms with E-state index in [1.807, 2.05) is 24.3 Å². The summed E-state index contributed by atoms with van der Waals surface area (Å²) < 4.78 is 0. The van der Waals surface area contributed by atoms with E-state index in [1.54, 1.807) is 12.4 Å². The van der Waals surface area contributed by atoms with E-state index >= 15 is 0 Å². The van der Waals surface area contributed by atoms with Crippen LogP contribution in [0.25, 0.3) is 0 Å². The number of carbonyl (C=O) groups is 2. The molecule has 0 atom stereocenters. The second kappa shape index (κ2) is 18.7. The van der Waals surface area contributed by atoms with Gasteiger partial charge in [0.1, 0.15) is 11.5 Å². The maximum Gasteiger partial charge on any atom is 2.00 e. The first-order valence-corrected chi connectivity index (χ1v) is 22.3. The quantitative estimate of drug-likeness (QED) is 0.234. The number of carbonyl (C=O) groups excluding carboxylic acids is 2. The van der Waals surface area contributed by atoms with Crippen molar-refractivity contribution in [2.45, 2.75) is 92.7 Å². The molecule has 0 amide bonds. The van der Waals surface area contributed by atoms with E-state index in [1.165, 1.54) is 10.4 Å². The van der Waals surface area contributed by atoms with E-state index < -0.39 is 28.1 Å². The molecule has 0 aliphatic rings. The number of phenolic OH excluding ortho intramolecular Hbond substituents is 2. The third-order valence-corrected chi connectivity index (χ3v) is 10.9. The summed E-state index contributed by atoms with van der Waals surface area (Å²) in [5, 5.41) is 42.2. The van der Waals surface area contributed by atoms with E-state index in [4.69, 9.17) is 19.8 Å². The number of phenols is 2. The van der Waals surface area contributed by atoms with E-state index in [9.17, 15) is 10.2 Å². The van der Waals surface area contributed by atoms with Crippen LogP contribution < -0.4 is 20.6 Å². The molecule has 3 rings (SSSR count). The fraction of sp³-hybridized carbons (Fsp3) is 0.389. The molecule has 0 aromatic heterocycles. The fourth-order valence-corrected chi connectivity index (χ4v) is 6.57. The number of aromatic hydroxyl groups is 2. The van der Waals surface area contributed by atoms with Crippen LogP contribution in [0, 0.1) is 0 Å². The van der Waals surface area contributed by atoms with Crippen molar-refractivity contribution < 1.29 is 46.8 Å². The van der Waals surface area contributed by atoms with Crippen LogP contribution in [0.3, 0.4) is 0 Å². The number of carboxylic acids is 2. The molecular weight excluding hydrogens is 672 g/mol. The first-order chi connectivity index (χ1) is 21.0. The predicted octanol–water partition coefficient (Wildman–Crippen LogP) is 5.45. The second-order valence-corrected chi connectivity index (χ2v) is 24.0. The normalized spacial score (nSPS) is 11.5. The molecule has 0 fully saturated rings. The average Bonchev–Trinajstić information content (AvgIpc) is 2.90.